The highest BCUT2D eigenvalue weighted by atomic mass is 32.2. The lowest BCUT2D eigenvalue weighted by Gasteiger charge is -2.33. The number of morpholine rings is 1. The topological polar surface area (TPSA) is 102 Å². The van der Waals surface area contributed by atoms with Crippen LogP contribution in [0.2, 0.25) is 0 Å². The van der Waals surface area contributed by atoms with Crippen LogP contribution in [-0.2, 0) is 14.8 Å². The van der Waals surface area contributed by atoms with Crippen LogP contribution >= 0.6 is 11.3 Å². The number of hydrogen-bond acceptors (Lipinski definition) is 7. The number of carbonyl (C=O) groups excluding carboxylic acids is 1. The summed E-state index contributed by atoms with van der Waals surface area (Å²) < 4.78 is 40.9. The molecule has 8 nitrogen and oxygen atoms in total. The van der Waals surface area contributed by atoms with Crippen LogP contribution in [-0.4, -0.2) is 58.5 Å². The summed E-state index contributed by atoms with van der Waals surface area (Å²) in [4.78, 5) is 14.7. The maximum atomic E-state index is 13.5. The summed E-state index contributed by atoms with van der Waals surface area (Å²) >= 11 is 1.30. The zero-order chi connectivity index (χ0) is 22.5. The van der Waals surface area contributed by atoms with Crippen molar-refractivity contribution in [3.63, 3.8) is 0 Å². The molecule has 1 aromatic heterocycles. The summed E-state index contributed by atoms with van der Waals surface area (Å²) in [5.74, 6) is 0.0187. The molecular weight excluding hydrogens is 450 g/mol. The SMILES string of the molecule is CN1CCOc2cc(S(=O)(=O)N3CCOC(c4c(C(N)=O)sc5ccccc45)C3)ccc21. The molecule has 3 heterocycles. The van der Waals surface area contributed by atoms with Crippen LogP contribution in [0.5, 0.6) is 5.75 Å². The first-order valence-electron chi connectivity index (χ1n) is 10.3. The van der Waals surface area contributed by atoms with Gasteiger partial charge in [0.25, 0.3) is 5.91 Å². The lowest BCUT2D eigenvalue weighted by atomic mass is 10.0. The smallest absolute Gasteiger partial charge is 0.259 e. The van der Waals surface area contributed by atoms with Gasteiger partial charge >= 0.3 is 0 Å². The predicted molar refractivity (Wildman–Crippen MR) is 123 cm³/mol. The van der Waals surface area contributed by atoms with Crippen molar-refractivity contribution in [2.75, 3.05) is 44.8 Å². The molecule has 0 spiro atoms. The number of rotatable bonds is 4. The highest BCUT2D eigenvalue weighted by Gasteiger charge is 2.35. The summed E-state index contributed by atoms with van der Waals surface area (Å²) in [7, 11) is -1.83. The number of likely N-dealkylation sites (N-methyl/N-ethyl adjacent to an activating group) is 1. The Hall–Kier alpha value is -2.66. The summed E-state index contributed by atoms with van der Waals surface area (Å²) in [5, 5.41) is 0.862. The van der Waals surface area contributed by atoms with E-state index >= 15 is 0 Å². The first-order valence-corrected chi connectivity index (χ1v) is 12.5. The molecule has 1 saturated heterocycles. The van der Waals surface area contributed by atoms with E-state index in [1.807, 2.05) is 36.2 Å². The van der Waals surface area contributed by atoms with Gasteiger partial charge in [-0.3, -0.25) is 4.79 Å². The van der Waals surface area contributed by atoms with Gasteiger partial charge in [0.1, 0.15) is 12.4 Å². The standard InChI is InChI=1S/C22H23N3O5S2/c1-24-8-10-29-17-12-14(6-7-16(17)24)32(27,28)25-9-11-30-18(13-25)20-15-4-2-3-5-19(15)31-21(20)22(23)26/h2-7,12,18H,8-11,13H2,1H3,(H2,23,26). The molecule has 0 saturated carbocycles. The fraction of sp³-hybridized carbons (Fsp3) is 0.318. The van der Waals surface area contributed by atoms with Crippen molar-refractivity contribution in [1.29, 1.82) is 0 Å². The molecule has 1 atom stereocenters. The van der Waals surface area contributed by atoms with Crippen LogP contribution in [0.25, 0.3) is 10.1 Å². The number of benzene rings is 2. The fourth-order valence-electron chi connectivity index (χ4n) is 4.23. The second-order valence-electron chi connectivity index (χ2n) is 7.83. The highest BCUT2D eigenvalue weighted by molar-refractivity contribution is 7.89. The molecule has 2 N–H and O–H groups in total. The van der Waals surface area contributed by atoms with Crippen LogP contribution in [0, 0.1) is 0 Å². The third-order valence-electron chi connectivity index (χ3n) is 5.87. The zero-order valence-electron chi connectivity index (χ0n) is 17.5. The number of fused-ring (bicyclic) bond motifs is 2. The number of primary amides is 1. The van der Waals surface area contributed by atoms with E-state index in [1.165, 1.54) is 15.6 Å². The highest BCUT2D eigenvalue weighted by Crippen LogP contribution is 2.39. The molecule has 0 radical (unpaired) electrons. The molecule has 2 aromatic carbocycles. The van der Waals surface area contributed by atoms with Gasteiger partial charge in [-0.2, -0.15) is 4.31 Å². The largest absolute Gasteiger partial charge is 0.490 e. The molecule has 1 fully saturated rings. The number of carbonyl (C=O) groups is 1. The van der Waals surface area contributed by atoms with E-state index in [1.54, 1.807) is 18.2 Å². The Morgan fingerprint density at radius 1 is 1.16 bits per heavy atom. The van der Waals surface area contributed by atoms with Crippen LogP contribution in [0.1, 0.15) is 21.3 Å². The Labute approximate surface area is 190 Å². The number of amides is 1. The van der Waals surface area contributed by atoms with Crippen LogP contribution < -0.4 is 15.4 Å². The minimum atomic E-state index is -3.78. The molecule has 0 aliphatic carbocycles. The summed E-state index contributed by atoms with van der Waals surface area (Å²) in [6, 6.07) is 12.6. The number of anilines is 1. The lowest BCUT2D eigenvalue weighted by molar-refractivity contribution is -0.00189. The van der Waals surface area contributed by atoms with Crippen molar-refractivity contribution in [2.45, 2.75) is 11.0 Å². The Bertz CT molecular complexity index is 1300. The van der Waals surface area contributed by atoms with E-state index < -0.39 is 22.0 Å². The third kappa shape index (κ3) is 3.53. The van der Waals surface area contributed by atoms with E-state index in [9.17, 15) is 13.2 Å². The third-order valence-corrected chi connectivity index (χ3v) is 8.94. The van der Waals surface area contributed by atoms with E-state index in [0.29, 0.717) is 22.8 Å². The Morgan fingerprint density at radius 3 is 2.78 bits per heavy atom. The predicted octanol–water partition coefficient (Wildman–Crippen LogP) is 2.59. The molecule has 0 bridgehead atoms. The van der Waals surface area contributed by atoms with Crippen molar-refractivity contribution in [3.8, 4) is 5.75 Å². The second kappa shape index (κ2) is 8.04. The number of nitrogens with zero attached hydrogens (tertiary/aromatic N) is 2. The Balaban J connectivity index is 1.49. The molecule has 10 heteroatoms. The van der Waals surface area contributed by atoms with E-state index in [-0.39, 0.29) is 24.6 Å². The van der Waals surface area contributed by atoms with Gasteiger partial charge in [-0.1, -0.05) is 18.2 Å². The summed E-state index contributed by atoms with van der Waals surface area (Å²) in [6.45, 7) is 1.80. The van der Waals surface area contributed by atoms with Gasteiger partial charge < -0.3 is 20.1 Å². The van der Waals surface area contributed by atoms with Crippen LogP contribution in [0.3, 0.4) is 0 Å². The van der Waals surface area contributed by atoms with Gasteiger partial charge in [-0.15, -0.1) is 11.3 Å². The average Bonchev–Trinajstić information content (AvgIpc) is 3.19. The van der Waals surface area contributed by atoms with Gasteiger partial charge in [0.05, 0.1) is 34.7 Å². The maximum absolute atomic E-state index is 13.5. The number of nitrogens with two attached hydrogens (primary N) is 1. The van der Waals surface area contributed by atoms with Crippen molar-refractivity contribution in [1.82, 2.24) is 4.31 Å². The molecule has 3 aromatic rings. The molecule has 1 amide bonds. The Kier molecular flexibility index (Phi) is 5.32. The number of hydrogen-bond donors (Lipinski definition) is 1. The lowest BCUT2D eigenvalue weighted by Crippen LogP contribution is -2.42. The molecule has 2 aliphatic heterocycles. The van der Waals surface area contributed by atoms with Gasteiger partial charge in [0, 0.05) is 36.5 Å². The van der Waals surface area contributed by atoms with E-state index in [0.717, 1.165) is 22.3 Å². The number of thiophene rings is 1. The minimum absolute atomic E-state index is 0.0984. The van der Waals surface area contributed by atoms with Gasteiger partial charge in [0.2, 0.25) is 10.0 Å². The van der Waals surface area contributed by atoms with Crippen LogP contribution in [0.4, 0.5) is 5.69 Å². The molecule has 1 unspecified atom stereocenters. The zero-order valence-corrected chi connectivity index (χ0v) is 19.1. The first-order chi connectivity index (χ1) is 15.4. The average molecular weight is 474 g/mol. The molecule has 2 aliphatic rings. The van der Waals surface area contributed by atoms with Crippen molar-refractivity contribution in [2.24, 2.45) is 5.73 Å². The fourth-order valence-corrected chi connectivity index (χ4v) is 6.78. The Morgan fingerprint density at radius 2 is 1.97 bits per heavy atom. The maximum Gasteiger partial charge on any atom is 0.259 e. The quantitative estimate of drug-likeness (QED) is 0.625. The van der Waals surface area contributed by atoms with Gasteiger partial charge in [0.15, 0.2) is 0 Å². The van der Waals surface area contributed by atoms with Crippen molar-refractivity contribution < 1.29 is 22.7 Å². The van der Waals surface area contributed by atoms with E-state index in [2.05, 4.69) is 0 Å². The van der Waals surface area contributed by atoms with Crippen molar-refractivity contribution >= 4 is 43.0 Å². The second-order valence-corrected chi connectivity index (χ2v) is 10.8. The molecule has 168 valence electrons. The first kappa shape index (κ1) is 21.2. The number of ether oxygens (including phenoxy) is 2. The minimum Gasteiger partial charge on any atom is -0.490 e. The van der Waals surface area contributed by atoms with Gasteiger partial charge in [-0.25, -0.2) is 8.42 Å². The molecular formula is C22H23N3O5S2. The summed E-state index contributed by atoms with van der Waals surface area (Å²) in [6.07, 6.45) is -0.586. The van der Waals surface area contributed by atoms with Crippen molar-refractivity contribution in [3.05, 3.63) is 52.9 Å². The monoisotopic (exact) mass is 473 g/mol. The molecule has 32 heavy (non-hydrogen) atoms. The molecule has 5 rings (SSSR count). The van der Waals surface area contributed by atoms with Gasteiger partial charge in [-0.05, 0) is 23.6 Å². The van der Waals surface area contributed by atoms with Crippen LogP contribution in [0.15, 0.2) is 47.4 Å². The number of sulfonamides is 1. The summed E-state index contributed by atoms with van der Waals surface area (Å²) in [5.41, 5.74) is 7.17. The van der Waals surface area contributed by atoms with E-state index in [4.69, 9.17) is 15.2 Å². The normalized spacial score (nSPS) is 19.5.